The third kappa shape index (κ3) is 2.71. The Morgan fingerprint density at radius 3 is 2.96 bits per heavy atom. The summed E-state index contributed by atoms with van der Waals surface area (Å²) in [5, 5.41) is 11.0. The van der Waals surface area contributed by atoms with Crippen LogP contribution in [0.3, 0.4) is 0 Å². The molecule has 0 aliphatic rings. The monoisotopic (exact) mass is 351 g/mol. The maximum atomic E-state index is 13.7. The lowest BCUT2D eigenvalue weighted by Crippen LogP contribution is -2.30. The zero-order valence-electron chi connectivity index (χ0n) is 13.6. The van der Waals surface area contributed by atoms with Gasteiger partial charge in [-0.2, -0.15) is 0 Å². The molecule has 0 saturated heterocycles. The molecule has 0 unspecified atom stereocenters. The molecular formula is C18H14FN5O2. The second-order valence-electron chi connectivity index (χ2n) is 5.74. The summed E-state index contributed by atoms with van der Waals surface area (Å²) in [6.07, 6.45) is 3.53. The predicted molar refractivity (Wildman–Crippen MR) is 93.6 cm³/mol. The number of nitrogens with zero attached hydrogens (tertiary/aromatic N) is 3. The van der Waals surface area contributed by atoms with E-state index in [0.29, 0.717) is 12.2 Å². The first-order valence-corrected chi connectivity index (χ1v) is 8.02. The van der Waals surface area contributed by atoms with Crippen LogP contribution in [-0.4, -0.2) is 32.0 Å². The van der Waals surface area contributed by atoms with Gasteiger partial charge in [-0.15, -0.1) is 10.2 Å². The Labute approximate surface area is 146 Å². The average Bonchev–Trinajstić information content (AvgIpc) is 3.06. The highest BCUT2D eigenvalue weighted by Gasteiger charge is 2.14. The Balaban J connectivity index is 1.51. The smallest absolute Gasteiger partial charge is 0.256 e. The third-order valence-electron chi connectivity index (χ3n) is 4.13. The van der Waals surface area contributed by atoms with Crippen molar-refractivity contribution < 1.29 is 9.18 Å². The second kappa shape index (κ2) is 6.40. The first kappa shape index (κ1) is 15.9. The lowest BCUT2D eigenvalue weighted by atomic mass is 10.1. The first-order chi connectivity index (χ1) is 12.6. The van der Waals surface area contributed by atoms with Crippen molar-refractivity contribution in [2.75, 3.05) is 6.54 Å². The van der Waals surface area contributed by atoms with Crippen molar-refractivity contribution in [3.63, 3.8) is 0 Å². The Kier molecular flexibility index (Phi) is 3.92. The lowest BCUT2D eigenvalue weighted by Gasteiger charge is -2.06. The van der Waals surface area contributed by atoms with Crippen LogP contribution >= 0.6 is 0 Å². The molecule has 0 radical (unpaired) electrons. The topological polar surface area (TPSA) is 92.2 Å². The molecular weight excluding hydrogens is 337 g/mol. The summed E-state index contributed by atoms with van der Waals surface area (Å²) < 4.78 is 15.5. The number of rotatable bonds is 4. The Bertz CT molecular complexity index is 1180. The molecule has 1 amide bonds. The number of amides is 1. The standard InChI is InChI=1S/C18H14FN5O2/c19-13-5-3-4-11-16(13)21-10-12(17(11)25)18(26)20-8-7-15-23-22-14-6-1-2-9-24(14)15/h1-6,9-10H,7-8H2,(H,20,26)(H,21,25). The van der Waals surface area contributed by atoms with Gasteiger partial charge in [0.05, 0.1) is 5.52 Å². The van der Waals surface area contributed by atoms with Crippen LogP contribution in [-0.2, 0) is 6.42 Å². The Morgan fingerprint density at radius 2 is 2.08 bits per heavy atom. The maximum absolute atomic E-state index is 13.7. The van der Waals surface area contributed by atoms with Gasteiger partial charge in [0.2, 0.25) is 5.43 Å². The number of nitrogens with one attached hydrogen (secondary N) is 2. The van der Waals surface area contributed by atoms with Crippen molar-refractivity contribution in [3.05, 3.63) is 76.2 Å². The van der Waals surface area contributed by atoms with Crippen LogP contribution in [0.1, 0.15) is 16.2 Å². The van der Waals surface area contributed by atoms with Gasteiger partial charge < -0.3 is 10.3 Å². The van der Waals surface area contributed by atoms with Gasteiger partial charge in [0.1, 0.15) is 17.2 Å². The van der Waals surface area contributed by atoms with Crippen LogP contribution in [0.2, 0.25) is 0 Å². The van der Waals surface area contributed by atoms with E-state index in [-0.39, 0.29) is 23.0 Å². The van der Waals surface area contributed by atoms with Gasteiger partial charge in [0.25, 0.3) is 5.91 Å². The van der Waals surface area contributed by atoms with Crippen molar-refractivity contribution in [2.24, 2.45) is 0 Å². The molecule has 0 saturated carbocycles. The molecule has 4 aromatic rings. The molecule has 26 heavy (non-hydrogen) atoms. The molecule has 4 rings (SSSR count). The number of para-hydroxylation sites is 1. The average molecular weight is 351 g/mol. The van der Waals surface area contributed by atoms with E-state index < -0.39 is 17.2 Å². The molecule has 3 heterocycles. The summed E-state index contributed by atoms with van der Waals surface area (Å²) in [6, 6.07) is 9.74. The molecule has 130 valence electrons. The lowest BCUT2D eigenvalue weighted by molar-refractivity contribution is 0.0952. The van der Waals surface area contributed by atoms with Gasteiger partial charge in [-0.3, -0.25) is 14.0 Å². The van der Waals surface area contributed by atoms with Gasteiger partial charge in [0, 0.05) is 30.7 Å². The van der Waals surface area contributed by atoms with E-state index in [1.807, 2.05) is 28.8 Å². The first-order valence-electron chi connectivity index (χ1n) is 8.02. The van der Waals surface area contributed by atoms with Gasteiger partial charge in [-0.05, 0) is 24.3 Å². The van der Waals surface area contributed by atoms with Gasteiger partial charge in [-0.25, -0.2) is 4.39 Å². The van der Waals surface area contributed by atoms with E-state index in [1.54, 1.807) is 0 Å². The molecule has 8 heteroatoms. The third-order valence-corrected chi connectivity index (χ3v) is 4.13. The fourth-order valence-corrected chi connectivity index (χ4v) is 2.83. The van der Waals surface area contributed by atoms with E-state index in [1.165, 1.54) is 24.4 Å². The molecule has 0 aliphatic carbocycles. The van der Waals surface area contributed by atoms with Gasteiger partial charge in [0.15, 0.2) is 5.65 Å². The Hall–Kier alpha value is -3.55. The Morgan fingerprint density at radius 1 is 1.19 bits per heavy atom. The van der Waals surface area contributed by atoms with Crippen LogP contribution in [0, 0.1) is 5.82 Å². The number of aromatic amines is 1. The molecule has 0 spiro atoms. The number of hydrogen-bond acceptors (Lipinski definition) is 4. The van der Waals surface area contributed by atoms with E-state index in [2.05, 4.69) is 20.5 Å². The van der Waals surface area contributed by atoms with Gasteiger partial charge in [-0.1, -0.05) is 12.1 Å². The highest BCUT2D eigenvalue weighted by molar-refractivity contribution is 5.97. The van der Waals surface area contributed by atoms with Crippen molar-refractivity contribution in [1.82, 2.24) is 24.9 Å². The van der Waals surface area contributed by atoms with E-state index in [0.717, 1.165) is 5.65 Å². The zero-order valence-corrected chi connectivity index (χ0v) is 13.6. The summed E-state index contributed by atoms with van der Waals surface area (Å²) in [7, 11) is 0. The highest BCUT2D eigenvalue weighted by atomic mass is 19.1. The molecule has 0 bridgehead atoms. The van der Waals surface area contributed by atoms with Crippen LogP contribution in [0.15, 0.2) is 53.6 Å². The summed E-state index contributed by atoms with van der Waals surface area (Å²) >= 11 is 0. The van der Waals surface area contributed by atoms with Crippen molar-refractivity contribution in [2.45, 2.75) is 6.42 Å². The van der Waals surface area contributed by atoms with Crippen LogP contribution in [0.4, 0.5) is 4.39 Å². The quantitative estimate of drug-likeness (QED) is 0.585. The van der Waals surface area contributed by atoms with Crippen molar-refractivity contribution >= 4 is 22.5 Å². The SMILES string of the molecule is O=C(NCCc1nnc2ccccn12)c1c[nH]c2c(F)cccc2c1=O. The molecule has 2 N–H and O–H groups in total. The van der Waals surface area contributed by atoms with Crippen LogP contribution in [0.25, 0.3) is 16.6 Å². The number of benzene rings is 1. The molecule has 0 atom stereocenters. The van der Waals surface area contributed by atoms with Gasteiger partial charge >= 0.3 is 0 Å². The van der Waals surface area contributed by atoms with Crippen LogP contribution < -0.4 is 10.7 Å². The second-order valence-corrected chi connectivity index (χ2v) is 5.74. The van der Waals surface area contributed by atoms with Crippen LogP contribution in [0.5, 0.6) is 0 Å². The highest BCUT2D eigenvalue weighted by Crippen LogP contribution is 2.12. The van der Waals surface area contributed by atoms with E-state index in [4.69, 9.17) is 0 Å². The number of H-pyrrole nitrogens is 1. The fourth-order valence-electron chi connectivity index (χ4n) is 2.83. The van der Waals surface area contributed by atoms with E-state index >= 15 is 0 Å². The summed E-state index contributed by atoms with van der Waals surface area (Å²) in [5.41, 5.74) is 0.240. The number of fused-ring (bicyclic) bond motifs is 2. The van der Waals surface area contributed by atoms with Crippen molar-refractivity contribution in [1.29, 1.82) is 0 Å². The minimum Gasteiger partial charge on any atom is -0.358 e. The number of carbonyl (C=O) groups is 1. The largest absolute Gasteiger partial charge is 0.358 e. The fraction of sp³-hybridized carbons (Fsp3) is 0.111. The number of hydrogen-bond donors (Lipinski definition) is 2. The minimum absolute atomic E-state index is 0.0609. The predicted octanol–water partition coefficient (Wildman–Crippen LogP) is 1.68. The van der Waals surface area contributed by atoms with E-state index in [9.17, 15) is 14.0 Å². The zero-order chi connectivity index (χ0) is 18.1. The molecule has 0 aliphatic heterocycles. The number of halogens is 1. The summed E-state index contributed by atoms with van der Waals surface area (Å²) in [6.45, 7) is 0.287. The number of aromatic nitrogens is 4. The molecule has 1 aromatic carbocycles. The summed E-state index contributed by atoms with van der Waals surface area (Å²) in [5.74, 6) is -0.355. The minimum atomic E-state index is -0.537. The maximum Gasteiger partial charge on any atom is 0.256 e. The number of pyridine rings is 2. The molecule has 0 fully saturated rings. The molecule has 7 nitrogen and oxygen atoms in total. The number of carbonyl (C=O) groups excluding carboxylic acids is 1. The molecule has 3 aromatic heterocycles. The normalized spacial score (nSPS) is 11.1. The summed E-state index contributed by atoms with van der Waals surface area (Å²) in [4.78, 5) is 27.4. The van der Waals surface area contributed by atoms with Crippen molar-refractivity contribution in [3.8, 4) is 0 Å².